The van der Waals surface area contributed by atoms with Crippen LogP contribution in [-0.2, 0) is 5.41 Å². The Hall–Kier alpha value is -2.00. The summed E-state index contributed by atoms with van der Waals surface area (Å²) in [5, 5.41) is 0.510. The van der Waals surface area contributed by atoms with E-state index in [-0.39, 0.29) is 5.41 Å². The summed E-state index contributed by atoms with van der Waals surface area (Å²) >= 11 is 5.88. The molecular weight excluding hydrogens is 324 g/mol. The molecule has 0 unspecified atom stereocenters. The fraction of sp³-hybridized carbons (Fsp3) is 0.350. The van der Waals surface area contributed by atoms with Crippen LogP contribution in [0.1, 0.15) is 42.3 Å². The van der Waals surface area contributed by atoms with Gasteiger partial charge in [0.25, 0.3) is 0 Å². The van der Waals surface area contributed by atoms with Gasteiger partial charge >= 0.3 is 0 Å². The lowest BCUT2D eigenvalue weighted by molar-refractivity contribution is 0.111. The smallest absolute Gasteiger partial charge is 0.153 e. The van der Waals surface area contributed by atoms with Crippen molar-refractivity contribution in [3.8, 4) is 11.5 Å². The van der Waals surface area contributed by atoms with E-state index in [9.17, 15) is 4.79 Å². The van der Waals surface area contributed by atoms with Crippen LogP contribution in [0.5, 0.6) is 11.5 Å². The molecule has 0 aliphatic rings. The first-order valence-corrected chi connectivity index (χ1v) is 8.31. The molecule has 0 atom stereocenters. The van der Waals surface area contributed by atoms with Crippen molar-refractivity contribution in [2.24, 2.45) is 0 Å². The maximum absolute atomic E-state index is 11.1. The van der Waals surface area contributed by atoms with Gasteiger partial charge in [0, 0.05) is 5.02 Å². The van der Waals surface area contributed by atoms with Crippen molar-refractivity contribution >= 4 is 17.9 Å². The quantitative estimate of drug-likeness (QED) is 0.531. The molecular formula is C20H23ClO3. The van der Waals surface area contributed by atoms with Crippen molar-refractivity contribution in [3.05, 3.63) is 58.1 Å². The molecule has 3 nitrogen and oxygen atoms in total. The monoisotopic (exact) mass is 346 g/mol. The molecule has 2 aromatic carbocycles. The number of rotatable bonds is 6. The molecule has 4 heteroatoms. The fourth-order valence-electron chi connectivity index (χ4n) is 2.47. The molecule has 0 fully saturated rings. The van der Waals surface area contributed by atoms with Crippen LogP contribution < -0.4 is 9.47 Å². The Bertz CT molecular complexity index is 717. The summed E-state index contributed by atoms with van der Waals surface area (Å²) in [5.74, 6) is 1.42. The molecule has 0 radical (unpaired) electrons. The van der Waals surface area contributed by atoms with Gasteiger partial charge in [-0.25, -0.2) is 0 Å². The molecule has 0 aliphatic heterocycles. The molecule has 0 aliphatic carbocycles. The largest absolute Gasteiger partial charge is 0.489 e. The van der Waals surface area contributed by atoms with Gasteiger partial charge in [-0.1, -0.05) is 50.6 Å². The summed E-state index contributed by atoms with van der Waals surface area (Å²) in [6, 6.07) is 11.2. The second-order valence-corrected chi connectivity index (χ2v) is 7.13. The summed E-state index contributed by atoms with van der Waals surface area (Å²) in [5.41, 5.74) is 2.71. The van der Waals surface area contributed by atoms with E-state index in [4.69, 9.17) is 21.1 Å². The zero-order valence-electron chi connectivity index (χ0n) is 14.6. The number of ether oxygens (including phenoxy) is 2. The van der Waals surface area contributed by atoms with E-state index in [2.05, 4.69) is 26.8 Å². The van der Waals surface area contributed by atoms with Crippen molar-refractivity contribution in [1.29, 1.82) is 0 Å². The normalized spacial score (nSPS) is 11.2. The maximum atomic E-state index is 11.1. The highest BCUT2D eigenvalue weighted by atomic mass is 35.5. The van der Waals surface area contributed by atoms with Gasteiger partial charge in [-0.2, -0.15) is 0 Å². The summed E-state index contributed by atoms with van der Waals surface area (Å²) in [7, 11) is 0. The van der Waals surface area contributed by atoms with E-state index in [0.29, 0.717) is 29.5 Å². The number of aryl methyl sites for hydroxylation is 1. The minimum atomic E-state index is 0.00305. The number of aldehydes is 1. The summed E-state index contributed by atoms with van der Waals surface area (Å²) in [4.78, 5) is 11.1. The lowest BCUT2D eigenvalue weighted by Crippen LogP contribution is -2.17. The highest BCUT2D eigenvalue weighted by molar-refractivity contribution is 6.30. The third-order valence-corrected chi connectivity index (χ3v) is 3.94. The Morgan fingerprint density at radius 3 is 2.46 bits per heavy atom. The van der Waals surface area contributed by atoms with E-state index in [1.54, 1.807) is 18.2 Å². The molecule has 24 heavy (non-hydrogen) atoms. The van der Waals surface area contributed by atoms with Gasteiger partial charge in [0.2, 0.25) is 0 Å². The number of halogens is 1. The topological polar surface area (TPSA) is 35.5 Å². The van der Waals surface area contributed by atoms with Gasteiger partial charge in [0.05, 0.1) is 5.56 Å². The first-order chi connectivity index (χ1) is 11.3. The van der Waals surface area contributed by atoms with Crippen LogP contribution in [0, 0.1) is 6.92 Å². The lowest BCUT2D eigenvalue weighted by Gasteiger charge is -2.24. The van der Waals surface area contributed by atoms with Gasteiger partial charge in [0.15, 0.2) is 6.29 Å². The van der Waals surface area contributed by atoms with E-state index in [1.165, 1.54) is 5.56 Å². The second-order valence-electron chi connectivity index (χ2n) is 6.70. The molecule has 0 saturated heterocycles. The second kappa shape index (κ2) is 7.71. The van der Waals surface area contributed by atoms with Crippen LogP contribution in [0.4, 0.5) is 0 Å². The molecule has 0 N–H and O–H groups in total. The Morgan fingerprint density at radius 1 is 1.08 bits per heavy atom. The Kier molecular flexibility index (Phi) is 5.89. The summed E-state index contributed by atoms with van der Waals surface area (Å²) in [6.45, 7) is 9.27. The zero-order chi connectivity index (χ0) is 17.7. The number of benzene rings is 2. The number of hydrogen-bond donors (Lipinski definition) is 0. The lowest BCUT2D eigenvalue weighted by atomic mass is 9.85. The van der Waals surface area contributed by atoms with Gasteiger partial charge in [-0.05, 0) is 41.7 Å². The molecule has 0 spiro atoms. The van der Waals surface area contributed by atoms with Crippen LogP contribution in [-0.4, -0.2) is 19.5 Å². The minimum Gasteiger partial charge on any atom is -0.489 e. The standard InChI is InChI=1S/C20H23ClO3/c1-14-6-5-7-17(20(2,3)4)19(14)24-11-10-23-18-9-8-16(21)12-15(18)13-22/h5-9,12-13H,10-11H2,1-4H3. The highest BCUT2D eigenvalue weighted by Crippen LogP contribution is 2.33. The van der Waals surface area contributed by atoms with Crippen molar-refractivity contribution in [3.63, 3.8) is 0 Å². The van der Waals surface area contributed by atoms with Crippen LogP contribution in [0.3, 0.4) is 0 Å². The van der Waals surface area contributed by atoms with E-state index in [0.717, 1.165) is 17.6 Å². The zero-order valence-corrected chi connectivity index (χ0v) is 15.3. The third-order valence-electron chi connectivity index (χ3n) is 3.71. The predicted octanol–water partition coefficient (Wildman–Crippen LogP) is 5.22. The van der Waals surface area contributed by atoms with E-state index < -0.39 is 0 Å². The Balaban J connectivity index is 2.02. The van der Waals surface area contributed by atoms with Gasteiger partial charge in [-0.3, -0.25) is 4.79 Å². The average molecular weight is 347 g/mol. The van der Waals surface area contributed by atoms with Crippen molar-refractivity contribution in [2.75, 3.05) is 13.2 Å². The fourth-order valence-corrected chi connectivity index (χ4v) is 2.65. The third kappa shape index (κ3) is 4.51. The molecule has 0 bridgehead atoms. The number of carbonyl (C=O) groups excluding carboxylic acids is 1. The van der Waals surface area contributed by atoms with Gasteiger partial charge in [-0.15, -0.1) is 0 Å². The predicted molar refractivity (Wildman–Crippen MR) is 97.7 cm³/mol. The van der Waals surface area contributed by atoms with Crippen LogP contribution >= 0.6 is 11.6 Å². The molecule has 128 valence electrons. The maximum Gasteiger partial charge on any atom is 0.153 e. The molecule has 0 saturated carbocycles. The van der Waals surface area contributed by atoms with Gasteiger partial charge in [0.1, 0.15) is 24.7 Å². The van der Waals surface area contributed by atoms with Crippen LogP contribution in [0.15, 0.2) is 36.4 Å². The van der Waals surface area contributed by atoms with E-state index in [1.807, 2.05) is 19.1 Å². The van der Waals surface area contributed by atoms with Crippen molar-refractivity contribution < 1.29 is 14.3 Å². The van der Waals surface area contributed by atoms with Gasteiger partial charge < -0.3 is 9.47 Å². The Labute approximate surface area is 148 Å². The Morgan fingerprint density at radius 2 is 1.79 bits per heavy atom. The molecule has 0 aromatic heterocycles. The summed E-state index contributed by atoms with van der Waals surface area (Å²) < 4.78 is 11.6. The number of carbonyl (C=O) groups is 1. The SMILES string of the molecule is Cc1cccc(C(C)(C)C)c1OCCOc1ccc(Cl)cc1C=O. The summed E-state index contributed by atoms with van der Waals surface area (Å²) in [6.07, 6.45) is 0.737. The highest BCUT2D eigenvalue weighted by Gasteiger charge is 2.20. The van der Waals surface area contributed by atoms with Crippen molar-refractivity contribution in [1.82, 2.24) is 0 Å². The number of para-hydroxylation sites is 1. The first-order valence-electron chi connectivity index (χ1n) is 7.93. The average Bonchev–Trinajstić information content (AvgIpc) is 2.52. The van der Waals surface area contributed by atoms with Crippen LogP contribution in [0.2, 0.25) is 5.02 Å². The molecule has 0 heterocycles. The van der Waals surface area contributed by atoms with E-state index >= 15 is 0 Å². The number of hydrogen-bond acceptors (Lipinski definition) is 3. The first kappa shape index (κ1) is 18.3. The molecule has 2 rings (SSSR count). The molecule has 2 aromatic rings. The van der Waals surface area contributed by atoms with Crippen LogP contribution in [0.25, 0.3) is 0 Å². The minimum absolute atomic E-state index is 0.00305. The molecule has 0 amide bonds. The van der Waals surface area contributed by atoms with Crippen molar-refractivity contribution in [2.45, 2.75) is 33.1 Å².